The highest BCUT2D eigenvalue weighted by Crippen LogP contribution is 2.36. The normalized spacial score (nSPS) is 14.8. The van der Waals surface area contributed by atoms with Crippen molar-refractivity contribution in [1.82, 2.24) is 0 Å². The van der Waals surface area contributed by atoms with Gasteiger partial charge in [0.05, 0.1) is 0 Å². The zero-order valence-electron chi connectivity index (χ0n) is 10.0. The molecule has 0 bridgehead atoms. The van der Waals surface area contributed by atoms with Crippen LogP contribution in [-0.4, -0.2) is 0 Å². The van der Waals surface area contributed by atoms with E-state index in [1.165, 1.54) is 25.3 Å². The van der Waals surface area contributed by atoms with Gasteiger partial charge < -0.3 is 0 Å². The Hall–Kier alpha value is -0.370. The fourth-order valence-corrected chi connectivity index (χ4v) is 2.90. The maximum absolute atomic E-state index is 13.1. The number of hydrogen-bond donors (Lipinski definition) is 0. The monoisotopic (exact) mass is 286 g/mol. The van der Waals surface area contributed by atoms with Gasteiger partial charge in [0, 0.05) is 4.83 Å². The zero-order chi connectivity index (χ0) is 12.0. The molecule has 0 nitrogen and oxygen atoms in total. The molecule has 0 N–H and O–H groups in total. The van der Waals surface area contributed by atoms with Crippen LogP contribution in [0.4, 0.5) is 4.39 Å². The Morgan fingerprint density at radius 1 is 1.31 bits per heavy atom. The van der Waals surface area contributed by atoms with Crippen molar-refractivity contribution in [3.05, 3.63) is 35.6 Å². The summed E-state index contributed by atoms with van der Waals surface area (Å²) >= 11 is 3.71. The van der Waals surface area contributed by atoms with Crippen molar-refractivity contribution in [2.45, 2.75) is 44.4 Å². The van der Waals surface area contributed by atoms with Crippen molar-refractivity contribution in [2.24, 2.45) is 5.92 Å². The average Bonchev–Trinajstić information content (AvgIpc) is 2.29. The van der Waals surface area contributed by atoms with Gasteiger partial charge in [-0.15, -0.1) is 0 Å². The summed E-state index contributed by atoms with van der Waals surface area (Å²) in [5.74, 6) is 0.453. The van der Waals surface area contributed by atoms with E-state index in [0.29, 0.717) is 5.92 Å². The molecular formula is C14H20BrF. The van der Waals surface area contributed by atoms with Crippen LogP contribution in [0.5, 0.6) is 0 Å². The van der Waals surface area contributed by atoms with E-state index in [0.717, 1.165) is 12.0 Å². The van der Waals surface area contributed by atoms with Crippen molar-refractivity contribution < 1.29 is 4.39 Å². The average molecular weight is 287 g/mol. The van der Waals surface area contributed by atoms with Gasteiger partial charge in [-0.25, -0.2) is 4.39 Å². The quantitative estimate of drug-likeness (QED) is 0.608. The third-order valence-electron chi connectivity index (χ3n) is 3.03. The van der Waals surface area contributed by atoms with Gasteiger partial charge in [0.1, 0.15) is 5.82 Å². The van der Waals surface area contributed by atoms with Crippen molar-refractivity contribution in [3.63, 3.8) is 0 Å². The molecule has 0 saturated carbocycles. The molecule has 1 aromatic rings. The van der Waals surface area contributed by atoms with Crippen LogP contribution in [0.15, 0.2) is 24.3 Å². The van der Waals surface area contributed by atoms with Crippen molar-refractivity contribution >= 4 is 15.9 Å². The van der Waals surface area contributed by atoms with Crippen LogP contribution < -0.4 is 0 Å². The summed E-state index contributed by atoms with van der Waals surface area (Å²) in [5.41, 5.74) is 1.06. The van der Waals surface area contributed by atoms with E-state index >= 15 is 0 Å². The second kappa shape index (κ2) is 7.05. The SMILES string of the molecule is CCCC[C@H](CC)C(Br)c1cccc(F)c1. The molecule has 1 unspecified atom stereocenters. The first kappa shape index (κ1) is 13.7. The lowest BCUT2D eigenvalue weighted by atomic mass is 9.92. The highest BCUT2D eigenvalue weighted by Gasteiger charge is 2.18. The maximum Gasteiger partial charge on any atom is 0.123 e. The fraction of sp³-hybridized carbons (Fsp3) is 0.571. The summed E-state index contributed by atoms with van der Waals surface area (Å²) in [6.07, 6.45) is 4.81. The first-order chi connectivity index (χ1) is 7.69. The zero-order valence-corrected chi connectivity index (χ0v) is 11.6. The smallest absolute Gasteiger partial charge is 0.123 e. The number of alkyl halides is 1. The molecule has 0 aliphatic rings. The summed E-state index contributed by atoms with van der Waals surface area (Å²) in [6, 6.07) is 6.91. The molecular weight excluding hydrogens is 267 g/mol. The lowest BCUT2D eigenvalue weighted by Gasteiger charge is -2.21. The van der Waals surface area contributed by atoms with Gasteiger partial charge in [-0.3, -0.25) is 0 Å². The highest BCUT2D eigenvalue weighted by molar-refractivity contribution is 9.09. The van der Waals surface area contributed by atoms with Crippen LogP contribution in [0.3, 0.4) is 0 Å². The Bertz CT molecular complexity index is 311. The van der Waals surface area contributed by atoms with Gasteiger partial charge in [0.2, 0.25) is 0 Å². The molecule has 0 saturated heterocycles. The Morgan fingerprint density at radius 2 is 2.06 bits per heavy atom. The summed E-state index contributed by atoms with van der Waals surface area (Å²) < 4.78 is 13.1. The van der Waals surface area contributed by atoms with Crippen LogP contribution in [-0.2, 0) is 0 Å². The largest absolute Gasteiger partial charge is 0.207 e. The van der Waals surface area contributed by atoms with E-state index in [4.69, 9.17) is 0 Å². The molecule has 1 rings (SSSR count). The van der Waals surface area contributed by atoms with Gasteiger partial charge in [-0.05, 0) is 30.0 Å². The predicted molar refractivity (Wildman–Crippen MR) is 71.4 cm³/mol. The molecule has 0 radical (unpaired) electrons. The lowest BCUT2D eigenvalue weighted by Crippen LogP contribution is -2.07. The Morgan fingerprint density at radius 3 is 2.62 bits per heavy atom. The number of halogens is 2. The van der Waals surface area contributed by atoms with Gasteiger partial charge in [-0.1, -0.05) is 61.2 Å². The van der Waals surface area contributed by atoms with E-state index < -0.39 is 0 Å². The minimum Gasteiger partial charge on any atom is -0.207 e. The first-order valence-electron chi connectivity index (χ1n) is 6.08. The second-order valence-electron chi connectivity index (χ2n) is 4.27. The number of benzene rings is 1. The first-order valence-corrected chi connectivity index (χ1v) is 7.00. The molecule has 16 heavy (non-hydrogen) atoms. The summed E-state index contributed by atoms with van der Waals surface area (Å²) in [4.78, 5) is 0.278. The third-order valence-corrected chi connectivity index (χ3v) is 4.31. The topological polar surface area (TPSA) is 0 Å². The summed E-state index contributed by atoms with van der Waals surface area (Å²) in [5, 5.41) is 0. The molecule has 2 heteroatoms. The Labute approximate surface area is 106 Å². The second-order valence-corrected chi connectivity index (χ2v) is 5.25. The van der Waals surface area contributed by atoms with Crippen molar-refractivity contribution in [2.75, 3.05) is 0 Å². The molecule has 1 aromatic carbocycles. The van der Waals surface area contributed by atoms with Crippen LogP contribution in [0.2, 0.25) is 0 Å². The molecule has 0 fully saturated rings. The minimum atomic E-state index is -0.146. The van der Waals surface area contributed by atoms with Crippen molar-refractivity contribution in [1.29, 1.82) is 0 Å². The maximum atomic E-state index is 13.1. The number of hydrogen-bond acceptors (Lipinski definition) is 0. The fourth-order valence-electron chi connectivity index (χ4n) is 1.97. The van der Waals surface area contributed by atoms with Crippen LogP contribution >= 0.6 is 15.9 Å². The number of unbranched alkanes of at least 4 members (excludes halogenated alkanes) is 1. The summed E-state index contributed by atoms with van der Waals surface area (Å²) in [7, 11) is 0. The molecule has 0 aliphatic carbocycles. The van der Waals surface area contributed by atoms with Gasteiger partial charge in [0.25, 0.3) is 0 Å². The van der Waals surface area contributed by atoms with Crippen LogP contribution in [0.25, 0.3) is 0 Å². The van der Waals surface area contributed by atoms with Crippen molar-refractivity contribution in [3.8, 4) is 0 Å². The lowest BCUT2D eigenvalue weighted by molar-refractivity contribution is 0.445. The van der Waals surface area contributed by atoms with Gasteiger partial charge in [-0.2, -0.15) is 0 Å². The summed E-state index contributed by atoms with van der Waals surface area (Å²) in [6.45, 7) is 4.41. The van der Waals surface area contributed by atoms with Crippen LogP contribution in [0, 0.1) is 11.7 Å². The molecule has 0 aliphatic heterocycles. The van der Waals surface area contributed by atoms with E-state index in [9.17, 15) is 4.39 Å². The molecule has 0 heterocycles. The van der Waals surface area contributed by atoms with E-state index in [2.05, 4.69) is 29.8 Å². The number of rotatable bonds is 6. The van der Waals surface area contributed by atoms with Gasteiger partial charge in [0.15, 0.2) is 0 Å². The van der Waals surface area contributed by atoms with E-state index in [-0.39, 0.29) is 10.6 Å². The molecule has 0 spiro atoms. The minimum absolute atomic E-state index is 0.146. The third kappa shape index (κ3) is 3.89. The highest BCUT2D eigenvalue weighted by atomic mass is 79.9. The van der Waals surface area contributed by atoms with E-state index in [1.807, 2.05) is 6.07 Å². The van der Waals surface area contributed by atoms with Gasteiger partial charge >= 0.3 is 0 Å². The standard InChI is InChI=1S/C14H20BrF/c1-3-5-7-11(4-2)14(15)12-8-6-9-13(16)10-12/h6,8-11,14H,3-5,7H2,1-2H3/t11-,14?/m0/s1. The Balaban J connectivity index is 2.70. The molecule has 90 valence electrons. The Kier molecular flexibility index (Phi) is 6.04. The predicted octanol–water partition coefficient (Wildman–Crippen LogP) is 5.48. The molecule has 2 atom stereocenters. The molecule has 0 amide bonds. The van der Waals surface area contributed by atoms with E-state index in [1.54, 1.807) is 12.1 Å². The molecule has 0 aromatic heterocycles. The van der Waals surface area contributed by atoms with Crippen LogP contribution in [0.1, 0.15) is 49.9 Å².